The lowest BCUT2D eigenvalue weighted by atomic mass is 9.96. The van der Waals surface area contributed by atoms with Crippen molar-refractivity contribution in [3.63, 3.8) is 0 Å². The molecule has 0 radical (unpaired) electrons. The van der Waals surface area contributed by atoms with Gasteiger partial charge in [0.2, 0.25) is 0 Å². The van der Waals surface area contributed by atoms with Crippen molar-refractivity contribution in [1.82, 2.24) is 10.6 Å². The highest BCUT2D eigenvalue weighted by molar-refractivity contribution is 5.85. The van der Waals surface area contributed by atoms with E-state index in [1.54, 1.807) is 6.92 Å². The Kier molecular flexibility index (Phi) is 8.16. The Hall–Kier alpha value is -1.26. The molecule has 2 N–H and O–H groups in total. The maximum absolute atomic E-state index is 11.9. The molecule has 0 saturated carbocycles. The summed E-state index contributed by atoms with van der Waals surface area (Å²) in [6, 6.07) is 9.44. The van der Waals surface area contributed by atoms with Crippen molar-refractivity contribution in [3.05, 3.63) is 30.3 Å². The van der Waals surface area contributed by atoms with Crippen LogP contribution in [-0.2, 0) is 4.79 Å². The van der Waals surface area contributed by atoms with E-state index in [1.807, 2.05) is 30.3 Å². The summed E-state index contributed by atoms with van der Waals surface area (Å²) >= 11 is 0. The van der Waals surface area contributed by atoms with Crippen molar-refractivity contribution in [2.45, 2.75) is 32.3 Å². The largest absolute Gasteiger partial charge is 0.481 e. The number of hydrogen-bond donors (Lipinski definition) is 2. The highest BCUT2D eigenvalue weighted by Gasteiger charge is 2.16. The van der Waals surface area contributed by atoms with E-state index in [2.05, 4.69) is 10.6 Å². The second-order valence-corrected chi connectivity index (χ2v) is 5.37. The van der Waals surface area contributed by atoms with Crippen LogP contribution >= 0.6 is 12.4 Å². The Morgan fingerprint density at radius 2 is 2.19 bits per heavy atom. The number of para-hydroxylation sites is 1. The molecule has 1 amide bonds. The lowest BCUT2D eigenvalue weighted by molar-refractivity contribution is -0.127. The molecule has 0 spiro atoms. The molecule has 1 aromatic carbocycles. The Morgan fingerprint density at radius 3 is 2.86 bits per heavy atom. The van der Waals surface area contributed by atoms with Crippen molar-refractivity contribution in [2.75, 3.05) is 19.6 Å². The van der Waals surface area contributed by atoms with E-state index in [-0.39, 0.29) is 18.3 Å². The Labute approximate surface area is 133 Å². The standard InChI is InChI=1S/C16H24N2O2.ClH/c1-13(20-15-7-3-2-4-8-15)16(19)18-11-9-14-6-5-10-17-12-14;/h2-4,7-8,13-14,17H,5-6,9-12H2,1H3,(H,18,19);1H. The fourth-order valence-corrected chi connectivity index (χ4v) is 2.47. The molecular weight excluding hydrogens is 288 g/mol. The first-order valence-corrected chi connectivity index (χ1v) is 7.46. The van der Waals surface area contributed by atoms with Crippen LogP contribution in [0.5, 0.6) is 5.75 Å². The average Bonchev–Trinajstić information content (AvgIpc) is 2.49. The maximum Gasteiger partial charge on any atom is 0.260 e. The van der Waals surface area contributed by atoms with Crippen LogP contribution in [0.2, 0.25) is 0 Å². The van der Waals surface area contributed by atoms with Gasteiger partial charge in [-0.15, -0.1) is 12.4 Å². The van der Waals surface area contributed by atoms with Crippen LogP contribution in [0, 0.1) is 5.92 Å². The third-order valence-electron chi connectivity index (χ3n) is 3.68. The number of rotatable bonds is 6. The Balaban J connectivity index is 0.00000220. The number of carbonyl (C=O) groups excluding carboxylic acids is 1. The molecule has 21 heavy (non-hydrogen) atoms. The van der Waals surface area contributed by atoms with E-state index in [9.17, 15) is 4.79 Å². The first-order chi connectivity index (χ1) is 9.75. The van der Waals surface area contributed by atoms with Crippen LogP contribution in [0.1, 0.15) is 26.2 Å². The first-order valence-electron chi connectivity index (χ1n) is 7.46. The third kappa shape index (κ3) is 6.36. The van der Waals surface area contributed by atoms with Gasteiger partial charge in [0.15, 0.2) is 6.10 Å². The number of benzene rings is 1. The Morgan fingerprint density at radius 1 is 1.43 bits per heavy atom. The lowest BCUT2D eigenvalue weighted by Crippen LogP contribution is -2.38. The van der Waals surface area contributed by atoms with Crippen LogP contribution in [0.3, 0.4) is 0 Å². The van der Waals surface area contributed by atoms with Crippen molar-refractivity contribution in [3.8, 4) is 5.75 Å². The Bertz CT molecular complexity index is 408. The van der Waals surface area contributed by atoms with E-state index in [0.717, 1.165) is 31.8 Å². The monoisotopic (exact) mass is 312 g/mol. The van der Waals surface area contributed by atoms with Gasteiger partial charge in [-0.2, -0.15) is 0 Å². The molecule has 2 atom stereocenters. The second-order valence-electron chi connectivity index (χ2n) is 5.37. The minimum Gasteiger partial charge on any atom is -0.481 e. The summed E-state index contributed by atoms with van der Waals surface area (Å²) in [5, 5.41) is 6.35. The third-order valence-corrected chi connectivity index (χ3v) is 3.68. The highest BCUT2D eigenvalue weighted by atomic mass is 35.5. The molecule has 4 nitrogen and oxygen atoms in total. The zero-order chi connectivity index (χ0) is 14.2. The highest BCUT2D eigenvalue weighted by Crippen LogP contribution is 2.13. The van der Waals surface area contributed by atoms with Gasteiger partial charge in [0.25, 0.3) is 5.91 Å². The van der Waals surface area contributed by atoms with Gasteiger partial charge in [-0.1, -0.05) is 18.2 Å². The van der Waals surface area contributed by atoms with Gasteiger partial charge in [-0.05, 0) is 57.3 Å². The van der Waals surface area contributed by atoms with Crippen molar-refractivity contribution >= 4 is 18.3 Å². The average molecular weight is 313 g/mol. The second kappa shape index (κ2) is 9.64. The molecule has 1 heterocycles. The summed E-state index contributed by atoms with van der Waals surface area (Å²) in [6.45, 7) is 4.72. The fraction of sp³-hybridized carbons (Fsp3) is 0.562. The number of piperidine rings is 1. The molecule has 1 saturated heterocycles. The molecule has 5 heteroatoms. The minimum atomic E-state index is -0.457. The van der Waals surface area contributed by atoms with Gasteiger partial charge < -0.3 is 15.4 Å². The molecule has 1 aliphatic heterocycles. The molecular formula is C16H25ClN2O2. The van der Waals surface area contributed by atoms with Gasteiger partial charge in [-0.25, -0.2) is 0 Å². The van der Waals surface area contributed by atoms with Crippen LogP contribution in [0.15, 0.2) is 30.3 Å². The molecule has 2 rings (SSSR count). The van der Waals surface area contributed by atoms with Gasteiger partial charge in [0.1, 0.15) is 5.75 Å². The van der Waals surface area contributed by atoms with Crippen molar-refractivity contribution in [1.29, 1.82) is 0 Å². The number of nitrogens with one attached hydrogen (secondary N) is 2. The lowest BCUT2D eigenvalue weighted by Gasteiger charge is -2.23. The summed E-state index contributed by atoms with van der Waals surface area (Å²) in [5.74, 6) is 1.37. The smallest absolute Gasteiger partial charge is 0.260 e. The van der Waals surface area contributed by atoms with E-state index < -0.39 is 6.10 Å². The zero-order valence-electron chi connectivity index (χ0n) is 12.5. The summed E-state index contributed by atoms with van der Waals surface area (Å²) in [4.78, 5) is 11.9. The topological polar surface area (TPSA) is 50.4 Å². The van der Waals surface area contributed by atoms with Crippen LogP contribution in [0.4, 0.5) is 0 Å². The molecule has 1 aromatic rings. The van der Waals surface area contributed by atoms with E-state index in [0.29, 0.717) is 5.92 Å². The molecule has 0 aliphatic carbocycles. The van der Waals surface area contributed by atoms with Crippen molar-refractivity contribution in [2.24, 2.45) is 5.92 Å². The number of halogens is 1. The van der Waals surface area contributed by atoms with Gasteiger partial charge >= 0.3 is 0 Å². The summed E-state index contributed by atoms with van der Waals surface area (Å²) in [7, 11) is 0. The van der Waals surface area contributed by atoms with E-state index >= 15 is 0 Å². The van der Waals surface area contributed by atoms with Gasteiger partial charge in [0, 0.05) is 6.54 Å². The molecule has 1 fully saturated rings. The van der Waals surface area contributed by atoms with E-state index in [4.69, 9.17) is 4.74 Å². The molecule has 118 valence electrons. The summed E-state index contributed by atoms with van der Waals surface area (Å²) < 4.78 is 5.59. The predicted octanol–water partition coefficient (Wildman–Crippen LogP) is 2.38. The molecule has 1 aliphatic rings. The summed E-state index contributed by atoms with van der Waals surface area (Å²) in [5.41, 5.74) is 0. The zero-order valence-corrected chi connectivity index (χ0v) is 13.3. The molecule has 0 aromatic heterocycles. The fourth-order valence-electron chi connectivity index (χ4n) is 2.47. The molecule has 0 bridgehead atoms. The first kappa shape index (κ1) is 17.8. The van der Waals surface area contributed by atoms with E-state index in [1.165, 1.54) is 12.8 Å². The maximum atomic E-state index is 11.9. The van der Waals surface area contributed by atoms with Crippen LogP contribution < -0.4 is 15.4 Å². The minimum absolute atomic E-state index is 0. The SMILES string of the molecule is CC(Oc1ccccc1)C(=O)NCCC1CCCNC1.Cl. The quantitative estimate of drug-likeness (QED) is 0.848. The van der Waals surface area contributed by atoms with Gasteiger partial charge in [0.05, 0.1) is 0 Å². The molecule has 2 unspecified atom stereocenters. The predicted molar refractivity (Wildman–Crippen MR) is 87.0 cm³/mol. The van der Waals surface area contributed by atoms with Crippen molar-refractivity contribution < 1.29 is 9.53 Å². The number of hydrogen-bond acceptors (Lipinski definition) is 3. The number of amides is 1. The summed E-state index contributed by atoms with van der Waals surface area (Å²) in [6.07, 6.45) is 3.09. The number of carbonyl (C=O) groups is 1. The van der Waals surface area contributed by atoms with Crippen LogP contribution in [0.25, 0.3) is 0 Å². The number of ether oxygens (including phenoxy) is 1. The van der Waals surface area contributed by atoms with Gasteiger partial charge in [-0.3, -0.25) is 4.79 Å². The van der Waals surface area contributed by atoms with Crippen LogP contribution in [-0.4, -0.2) is 31.6 Å². The normalized spacial score (nSPS) is 19.2.